The van der Waals surface area contributed by atoms with E-state index in [-0.39, 0.29) is 23.7 Å². The van der Waals surface area contributed by atoms with E-state index in [1.165, 1.54) is 0 Å². The topological polar surface area (TPSA) is 48.0 Å². The van der Waals surface area contributed by atoms with Gasteiger partial charge in [0.15, 0.2) is 11.5 Å². The van der Waals surface area contributed by atoms with Crippen LogP contribution in [0.2, 0.25) is 0 Å². The van der Waals surface area contributed by atoms with E-state index in [1.807, 2.05) is 23.1 Å². The molecule has 5 nitrogen and oxygen atoms in total. The van der Waals surface area contributed by atoms with Crippen molar-refractivity contribution >= 4 is 5.91 Å². The molecule has 0 bridgehead atoms. The molecule has 0 aromatic heterocycles. The molecular formula is C22H33NO4. The second kappa shape index (κ2) is 7.70. The Kier molecular flexibility index (Phi) is 5.71. The van der Waals surface area contributed by atoms with Crippen molar-refractivity contribution in [2.45, 2.75) is 66.0 Å². The molecule has 0 radical (unpaired) electrons. The third kappa shape index (κ3) is 4.57. The third-order valence-electron chi connectivity index (χ3n) is 6.23. The fourth-order valence-electron chi connectivity index (χ4n) is 4.48. The summed E-state index contributed by atoms with van der Waals surface area (Å²) in [6, 6.07) is 5.92. The average Bonchev–Trinajstić information content (AvgIpc) is 3.05. The van der Waals surface area contributed by atoms with Gasteiger partial charge in [0, 0.05) is 26.6 Å². The van der Waals surface area contributed by atoms with Gasteiger partial charge in [-0.25, -0.2) is 0 Å². The molecule has 2 heterocycles. The Balaban J connectivity index is 1.69. The van der Waals surface area contributed by atoms with Crippen LogP contribution in [0.25, 0.3) is 0 Å². The van der Waals surface area contributed by atoms with Gasteiger partial charge in [0.2, 0.25) is 12.7 Å². The standard InChI is InChI=1S/C22H33NO4/c1-16(2)22(9-11-27-21(4,5)14-22)8-10-23(17(3)24)13-18-6-7-19-20(12-18)26-15-25-19/h6-7,12,16H,8-11,13-15H2,1-5H3/t22-/m0/s1. The van der Waals surface area contributed by atoms with Gasteiger partial charge in [-0.1, -0.05) is 19.9 Å². The second-order valence-electron chi connectivity index (χ2n) is 8.93. The van der Waals surface area contributed by atoms with Crippen LogP contribution in [0.5, 0.6) is 11.5 Å². The van der Waals surface area contributed by atoms with Crippen LogP contribution in [0.15, 0.2) is 18.2 Å². The Morgan fingerprint density at radius 2 is 1.96 bits per heavy atom. The van der Waals surface area contributed by atoms with E-state index in [0.29, 0.717) is 12.5 Å². The largest absolute Gasteiger partial charge is 0.454 e. The van der Waals surface area contributed by atoms with Crippen LogP contribution in [0.1, 0.15) is 59.4 Å². The molecule has 0 spiro atoms. The van der Waals surface area contributed by atoms with Crippen LogP contribution >= 0.6 is 0 Å². The van der Waals surface area contributed by atoms with Crippen LogP contribution in [-0.4, -0.2) is 36.4 Å². The fourth-order valence-corrected chi connectivity index (χ4v) is 4.48. The number of carbonyl (C=O) groups excluding carboxylic acids is 1. The smallest absolute Gasteiger partial charge is 0.231 e. The third-order valence-corrected chi connectivity index (χ3v) is 6.23. The van der Waals surface area contributed by atoms with Crippen LogP contribution in [0.3, 0.4) is 0 Å². The number of rotatable bonds is 6. The molecule has 2 aliphatic rings. The monoisotopic (exact) mass is 375 g/mol. The molecule has 0 N–H and O–H groups in total. The summed E-state index contributed by atoms with van der Waals surface area (Å²) in [5.74, 6) is 2.20. The molecule has 1 fully saturated rings. The predicted molar refractivity (Wildman–Crippen MR) is 105 cm³/mol. The minimum atomic E-state index is -0.0963. The number of hydrogen-bond donors (Lipinski definition) is 0. The molecule has 1 saturated heterocycles. The lowest BCUT2D eigenvalue weighted by atomic mass is 9.65. The molecule has 1 aromatic rings. The van der Waals surface area contributed by atoms with Gasteiger partial charge >= 0.3 is 0 Å². The minimum absolute atomic E-state index is 0.0963. The molecule has 1 aromatic carbocycles. The number of benzene rings is 1. The minimum Gasteiger partial charge on any atom is -0.454 e. The summed E-state index contributed by atoms with van der Waals surface area (Å²) in [7, 11) is 0. The highest BCUT2D eigenvalue weighted by Crippen LogP contribution is 2.47. The van der Waals surface area contributed by atoms with Crippen LogP contribution in [0.4, 0.5) is 0 Å². The second-order valence-corrected chi connectivity index (χ2v) is 8.93. The Labute approximate surface area is 163 Å². The highest BCUT2D eigenvalue weighted by Gasteiger charge is 2.42. The van der Waals surface area contributed by atoms with Gasteiger partial charge < -0.3 is 19.1 Å². The number of nitrogens with zero attached hydrogens (tertiary/aromatic N) is 1. The zero-order valence-corrected chi connectivity index (χ0v) is 17.3. The van der Waals surface area contributed by atoms with Crippen molar-refractivity contribution in [1.29, 1.82) is 0 Å². The molecule has 3 rings (SSSR count). The molecule has 150 valence electrons. The molecule has 0 saturated carbocycles. The maximum absolute atomic E-state index is 12.3. The van der Waals surface area contributed by atoms with Crippen molar-refractivity contribution in [2.24, 2.45) is 11.3 Å². The van der Waals surface area contributed by atoms with Crippen molar-refractivity contribution in [2.75, 3.05) is 19.9 Å². The van der Waals surface area contributed by atoms with Gasteiger partial charge in [-0.15, -0.1) is 0 Å². The number of carbonyl (C=O) groups is 1. The number of fused-ring (bicyclic) bond motifs is 1. The van der Waals surface area contributed by atoms with E-state index in [2.05, 4.69) is 27.7 Å². The first-order valence-corrected chi connectivity index (χ1v) is 9.99. The quantitative estimate of drug-likeness (QED) is 0.740. The summed E-state index contributed by atoms with van der Waals surface area (Å²) < 4.78 is 16.8. The van der Waals surface area contributed by atoms with Gasteiger partial charge in [-0.2, -0.15) is 0 Å². The average molecular weight is 376 g/mol. The maximum atomic E-state index is 12.3. The van der Waals surface area contributed by atoms with E-state index >= 15 is 0 Å². The van der Waals surface area contributed by atoms with Gasteiger partial charge in [0.05, 0.1) is 5.60 Å². The first kappa shape index (κ1) is 20.0. The summed E-state index contributed by atoms with van der Waals surface area (Å²) in [6.07, 6.45) is 3.10. The van der Waals surface area contributed by atoms with Crippen molar-refractivity contribution in [3.8, 4) is 11.5 Å². The van der Waals surface area contributed by atoms with E-state index < -0.39 is 0 Å². The first-order valence-electron chi connectivity index (χ1n) is 9.99. The van der Waals surface area contributed by atoms with Gasteiger partial charge in [-0.05, 0) is 62.1 Å². The summed E-state index contributed by atoms with van der Waals surface area (Å²) in [5, 5.41) is 0. The number of ether oxygens (including phenoxy) is 3. The summed E-state index contributed by atoms with van der Waals surface area (Å²) in [5.41, 5.74) is 1.19. The summed E-state index contributed by atoms with van der Waals surface area (Å²) in [4.78, 5) is 14.3. The number of amides is 1. The lowest BCUT2D eigenvalue weighted by Gasteiger charge is -2.48. The van der Waals surface area contributed by atoms with E-state index in [9.17, 15) is 4.79 Å². The maximum Gasteiger partial charge on any atom is 0.231 e. The van der Waals surface area contributed by atoms with E-state index in [4.69, 9.17) is 14.2 Å². The zero-order chi connectivity index (χ0) is 19.7. The van der Waals surface area contributed by atoms with Crippen molar-refractivity contribution in [1.82, 2.24) is 4.90 Å². The predicted octanol–water partition coefficient (Wildman–Crippen LogP) is 4.39. The van der Waals surface area contributed by atoms with Crippen molar-refractivity contribution < 1.29 is 19.0 Å². The van der Waals surface area contributed by atoms with E-state index in [1.54, 1.807) is 6.92 Å². The SMILES string of the molecule is CC(=O)N(CC[C@]1(C(C)C)CCOC(C)(C)C1)Cc1ccc2c(c1)OCO2. The van der Waals surface area contributed by atoms with Crippen LogP contribution in [0, 0.1) is 11.3 Å². The Bertz CT molecular complexity index is 685. The lowest BCUT2D eigenvalue weighted by molar-refractivity contribution is -0.134. The summed E-state index contributed by atoms with van der Waals surface area (Å²) >= 11 is 0. The normalized spacial score (nSPS) is 23.5. The highest BCUT2D eigenvalue weighted by molar-refractivity contribution is 5.73. The molecular weight excluding hydrogens is 342 g/mol. The highest BCUT2D eigenvalue weighted by atomic mass is 16.7. The molecule has 2 aliphatic heterocycles. The first-order chi connectivity index (χ1) is 12.7. The Morgan fingerprint density at radius 1 is 1.22 bits per heavy atom. The Morgan fingerprint density at radius 3 is 2.63 bits per heavy atom. The molecule has 1 amide bonds. The van der Waals surface area contributed by atoms with Crippen LogP contribution in [-0.2, 0) is 16.1 Å². The van der Waals surface area contributed by atoms with Gasteiger partial charge in [0.1, 0.15) is 0 Å². The summed E-state index contributed by atoms with van der Waals surface area (Å²) in [6.45, 7) is 13.0. The molecule has 0 unspecified atom stereocenters. The zero-order valence-electron chi connectivity index (χ0n) is 17.3. The fraction of sp³-hybridized carbons (Fsp3) is 0.682. The molecule has 27 heavy (non-hydrogen) atoms. The Hall–Kier alpha value is -1.75. The lowest BCUT2D eigenvalue weighted by Crippen LogP contribution is -2.46. The molecule has 1 atom stereocenters. The van der Waals surface area contributed by atoms with Crippen molar-refractivity contribution in [3.05, 3.63) is 23.8 Å². The van der Waals surface area contributed by atoms with Gasteiger partial charge in [-0.3, -0.25) is 4.79 Å². The van der Waals surface area contributed by atoms with Crippen molar-refractivity contribution in [3.63, 3.8) is 0 Å². The van der Waals surface area contributed by atoms with Gasteiger partial charge in [0.25, 0.3) is 0 Å². The number of hydrogen-bond acceptors (Lipinski definition) is 4. The molecule has 5 heteroatoms. The molecule has 0 aliphatic carbocycles. The van der Waals surface area contributed by atoms with Crippen LogP contribution < -0.4 is 9.47 Å². The van der Waals surface area contributed by atoms with E-state index in [0.717, 1.165) is 49.5 Å².